The average molecular weight is 438 g/mol. The fraction of sp³-hybridized carbons (Fsp3) is 0.565. The second-order valence-electron chi connectivity index (χ2n) is 8.14. The predicted molar refractivity (Wildman–Crippen MR) is 129 cm³/mol. The second-order valence-corrected chi connectivity index (χ2v) is 8.14. The smallest absolute Gasteiger partial charge is 0.225 e. The van der Waals surface area contributed by atoms with Gasteiger partial charge in [-0.25, -0.2) is 19.9 Å². The Bertz CT molecular complexity index is 840. The number of hydrogen-bond donors (Lipinski definition) is 1. The number of anilines is 2. The molecule has 0 aliphatic carbocycles. The quantitative estimate of drug-likeness (QED) is 0.535. The molecule has 0 aromatic carbocycles. The van der Waals surface area contributed by atoms with Crippen molar-refractivity contribution in [2.24, 2.45) is 4.99 Å². The van der Waals surface area contributed by atoms with Crippen LogP contribution < -0.4 is 15.1 Å². The molecule has 32 heavy (non-hydrogen) atoms. The molecule has 1 N–H and O–H groups in total. The first-order chi connectivity index (χ1) is 15.8. The van der Waals surface area contributed by atoms with Crippen LogP contribution in [0.5, 0.6) is 0 Å². The van der Waals surface area contributed by atoms with Gasteiger partial charge < -0.3 is 24.9 Å². The van der Waals surface area contributed by atoms with Gasteiger partial charge >= 0.3 is 0 Å². The lowest BCUT2D eigenvalue weighted by molar-refractivity contribution is 0.270. The monoisotopic (exact) mass is 437 g/mol. The predicted octanol–water partition coefficient (Wildman–Crippen LogP) is 1.30. The zero-order valence-electron chi connectivity index (χ0n) is 19.3. The van der Waals surface area contributed by atoms with Gasteiger partial charge in [-0.05, 0) is 31.2 Å². The highest BCUT2D eigenvalue weighted by molar-refractivity contribution is 5.80. The summed E-state index contributed by atoms with van der Waals surface area (Å²) in [6.45, 7) is 14.8. The topological polar surface area (TPSA) is 76.0 Å². The Morgan fingerprint density at radius 2 is 1.62 bits per heavy atom. The Morgan fingerprint density at radius 3 is 2.25 bits per heavy atom. The van der Waals surface area contributed by atoms with Crippen molar-refractivity contribution in [3.8, 4) is 0 Å². The van der Waals surface area contributed by atoms with Gasteiger partial charge in [-0.3, -0.25) is 0 Å². The summed E-state index contributed by atoms with van der Waals surface area (Å²) in [5.74, 6) is 2.83. The fourth-order valence-corrected chi connectivity index (χ4v) is 4.16. The Kier molecular flexibility index (Phi) is 7.71. The minimum atomic E-state index is 0.626. The lowest BCUT2D eigenvalue weighted by atomic mass is 10.2. The third kappa shape index (κ3) is 5.64. The fourth-order valence-electron chi connectivity index (χ4n) is 4.16. The van der Waals surface area contributed by atoms with E-state index in [-0.39, 0.29) is 0 Å². The number of rotatable bonds is 6. The van der Waals surface area contributed by atoms with Gasteiger partial charge in [0.25, 0.3) is 0 Å². The molecule has 2 aromatic rings. The van der Waals surface area contributed by atoms with E-state index in [1.54, 1.807) is 12.4 Å². The maximum Gasteiger partial charge on any atom is 0.225 e. The molecular weight excluding hydrogens is 402 g/mol. The first-order valence-electron chi connectivity index (χ1n) is 11.7. The summed E-state index contributed by atoms with van der Waals surface area (Å²) in [5.41, 5.74) is 1.13. The molecule has 2 fully saturated rings. The van der Waals surface area contributed by atoms with E-state index < -0.39 is 0 Å². The normalized spacial score (nSPS) is 18.2. The number of likely N-dealkylation sites (N-methyl/N-ethyl adjacent to an activating group) is 1. The van der Waals surface area contributed by atoms with Crippen LogP contribution in [0.2, 0.25) is 0 Å². The standard InChI is InChI=1S/C23H35N9/c1-3-24-22(31-14-16-32(17-15-31)23-25-8-5-9-26-23)28-19-20-6-7-21(27-18-20)30-12-10-29(4-2)11-13-30/h5-9,18H,3-4,10-17,19H2,1-2H3,(H,24,28). The minimum Gasteiger partial charge on any atom is -0.357 e. The van der Waals surface area contributed by atoms with E-state index in [1.165, 1.54) is 0 Å². The van der Waals surface area contributed by atoms with Gasteiger partial charge in [0.2, 0.25) is 5.95 Å². The molecule has 2 aromatic heterocycles. The molecule has 9 nitrogen and oxygen atoms in total. The van der Waals surface area contributed by atoms with Crippen molar-refractivity contribution in [3.05, 3.63) is 42.4 Å². The van der Waals surface area contributed by atoms with Gasteiger partial charge in [0, 0.05) is 77.5 Å². The number of pyridine rings is 1. The molecule has 0 saturated carbocycles. The number of guanidine groups is 1. The third-order valence-electron chi connectivity index (χ3n) is 6.11. The van der Waals surface area contributed by atoms with Gasteiger partial charge in [0.15, 0.2) is 5.96 Å². The van der Waals surface area contributed by atoms with Crippen LogP contribution in [-0.2, 0) is 6.54 Å². The van der Waals surface area contributed by atoms with E-state index in [2.05, 4.69) is 60.9 Å². The van der Waals surface area contributed by atoms with Crippen LogP contribution in [0.15, 0.2) is 41.8 Å². The molecule has 0 bridgehead atoms. The molecule has 9 heteroatoms. The number of nitrogens with one attached hydrogen (secondary N) is 1. The van der Waals surface area contributed by atoms with Gasteiger partial charge in [0.1, 0.15) is 5.82 Å². The maximum atomic E-state index is 4.89. The van der Waals surface area contributed by atoms with Crippen molar-refractivity contribution in [1.29, 1.82) is 0 Å². The lowest BCUT2D eigenvalue weighted by Crippen LogP contribution is -2.52. The average Bonchev–Trinajstić information content (AvgIpc) is 2.87. The molecule has 0 amide bonds. The molecule has 0 atom stereocenters. The first-order valence-corrected chi connectivity index (χ1v) is 11.7. The van der Waals surface area contributed by atoms with Crippen LogP contribution in [0.1, 0.15) is 19.4 Å². The van der Waals surface area contributed by atoms with Crippen molar-refractivity contribution in [3.63, 3.8) is 0 Å². The zero-order chi connectivity index (χ0) is 22.2. The molecule has 0 unspecified atom stereocenters. The molecule has 4 rings (SSSR count). The molecule has 2 aliphatic heterocycles. The van der Waals surface area contributed by atoms with Crippen molar-refractivity contribution in [2.45, 2.75) is 20.4 Å². The van der Waals surface area contributed by atoms with Crippen LogP contribution in [0.4, 0.5) is 11.8 Å². The number of aliphatic imine (C=N–C) groups is 1. The van der Waals surface area contributed by atoms with Crippen molar-refractivity contribution in [1.82, 2.24) is 30.1 Å². The zero-order valence-corrected chi connectivity index (χ0v) is 19.3. The first kappa shape index (κ1) is 22.3. The summed E-state index contributed by atoms with van der Waals surface area (Å²) in [6.07, 6.45) is 5.56. The molecular formula is C23H35N9. The van der Waals surface area contributed by atoms with E-state index in [4.69, 9.17) is 9.98 Å². The molecule has 4 heterocycles. The lowest BCUT2D eigenvalue weighted by Gasteiger charge is -2.36. The van der Waals surface area contributed by atoms with Crippen LogP contribution in [-0.4, -0.2) is 96.2 Å². The Hall–Kier alpha value is -2.94. The summed E-state index contributed by atoms with van der Waals surface area (Å²) in [6, 6.07) is 6.15. The van der Waals surface area contributed by atoms with E-state index >= 15 is 0 Å². The Morgan fingerprint density at radius 1 is 0.906 bits per heavy atom. The second kappa shape index (κ2) is 11.1. The minimum absolute atomic E-state index is 0.626. The summed E-state index contributed by atoms with van der Waals surface area (Å²) >= 11 is 0. The molecule has 2 saturated heterocycles. The maximum absolute atomic E-state index is 4.89. The largest absolute Gasteiger partial charge is 0.357 e. The SMILES string of the molecule is CCNC(=NCc1ccc(N2CCN(CC)CC2)nc1)N1CCN(c2ncccn2)CC1. The number of hydrogen-bond acceptors (Lipinski definition) is 7. The van der Waals surface area contributed by atoms with Gasteiger partial charge in [-0.1, -0.05) is 13.0 Å². The summed E-state index contributed by atoms with van der Waals surface area (Å²) in [5, 5.41) is 3.44. The summed E-state index contributed by atoms with van der Waals surface area (Å²) in [4.78, 5) is 27.7. The van der Waals surface area contributed by atoms with Crippen LogP contribution in [0, 0.1) is 0 Å². The van der Waals surface area contributed by atoms with Crippen LogP contribution >= 0.6 is 0 Å². The molecule has 0 radical (unpaired) electrons. The highest BCUT2D eigenvalue weighted by Crippen LogP contribution is 2.15. The summed E-state index contributed by atoms with van der Waals surface area (Å²) in [7, 11) is 0. The summed E-state index contributed by atoms with van der Waals surface area (Å²) < 4.78 is 0. The van der Waals surface area contributed by atoms with E-state index in [0.29, 0.717) is 6.54 Å². The third-order valence-corrected chi connectivity index (χ3v) is 6.11. The Labute approximate surface area is 191 Å². The van der Waals surface area contributed by atoms with Crippen molar-refractivity contribution < 1.29 is 0 Å². The van der Waals surface area contributed by atoms with Gasteiger partial charge in [0.05, 0.1) is 6.54 Å². The van der Waals surface area contributed by atoms with Gasteiger partial charge in [-0.15, -0.1) is 0 Å². The van der Waals surface area contributed by atoms with Crippen LogP contribution in [0.3, 0.4) is 0 Å². The van der Waals surface area contributed by atoms with E-state index in [0.717, 1.165) is 88.7 Å². The van der Waals surface area contributed by atoms with E-state index in [1.807, 2.05) is 12.3 Å². The van der Waals surface area contributed by atoms with Crippen LogP contribution in [0.25, 0.3) is 0 Å². The number of aromatic nitrogens is 3. The molecule has 2 aliphatic rings. The number of piperazine rings is 2. The highest BCUT2D eigenvalue weighted by Gasteiger charge is 2.21. The highest BCUT2D eigenvalue weighted by atomic mass is 15.4. The molecule has 172 valence electrons. The molecule has 0 spiro atoms. The Balaban J connectivity index is 1.32. The van der Waals surface area contributed by atoms with Crippen molar-refractivity contribution in [2.75, 3.05) is 75.2 Å². The van der Waals surface area contributed by atoms with E-state index in [9.17, 15) is 0 Å². The van der Waals surface area contributed by atoms with Crippen molar-refractivity contribution >= 4 is 17.7 Å². The van der Waals surface area contributed by atoms with Gasteiger partial charge in [-0.2, -0.15) is 0 Å². The number of nitrogens with zero attached hydrogens (tertiary/aromatic N) is 8.